The molecule has 0 amide bonds. The van der Waals surface area contributed by atoms with Gasteiger partial charge in [-0.05, 0) is 51.1 Å². The van der Waals surface area contributed by atoms with Gasteiger partial charge >= 0.3 is 24.3 Å². The van der Waals surface area contributed by atoms with Crippen LogP contribution in [0, 0.1) is 20.8 Å². The van der Waals surface area contributed by atoms with Crippen LogP contribution in [0.4, 0.5) is 17.3 Å². The second-order valence-electron chi connectivity index (χ2n) is 12.1. The zero-order valence-corrected chi connectivity index (χ0v) is 29.8. The summed E-state index contributed by atoms with van der Waals surface area (Å²) in [5.74, 6) is 0. The fraction of sp³-hybridized carbons (Fsp3) is 0.0769. The number of hydrogen-bond donors (Lipinski definition) is 3. The number of nitrogens with one attached hydrogen (secondary N) is 3. The summed E-state index contributed by atoms with van der Waals surface area (Å²) >= 11 is 0. The predicted octanol–water partition coefficient (Wildman–Crippen LogP) is 9.63. The molecule has 5 nitrogen and oxygen atoms in total. The number of aromatic amines is 3. The van der Waals surface area contributed by atoms with Crippen molar-refractivity contribution in [1.29, 1.82) is 0 Å². The normalized spacial score (nSPS) is 11.5. The van der Waals surface area contributed by atoms with E-state index in [1.165, 1.54) is 65.7 Å². The number of aromatic nitrogens is 5. The summed E-state index contributed by atoms with van der Waals surface area (Å²) < 4.78 is 39.0. The summed E-state index contributed by atoms with van der Waals surface area (Å²) in [5.41, 5.74) is 13.7. The molecular formula is C39H33BCuF4N5P+. The number of rotatable bonds is 3. The molecule has 4 aromatic carbocycles. The zero-order valence-electron chi connectivity index (χ0n) is 27.8. The molecule has 5 heterocycles. The molecule has 0 saturated carbocycles. The van der Waals surface area contributed by atoms with Gasteiger partial charge in [0.05, 0.1) is 11.0 Å². The van der Waals surface area contributed by atoms with Crippen molar-refractivity contribution in [2.24, 2.45) is 0 Å². The molecule has 0 aliphatic heterocycles. The Kier molecular flexibility index (Phi) is 10.4. The topological polar surface area (TPSA) is 73.2 Å². The van der Waals surface area contributed by atoms with Crippen LogP contribution >= 0.6 is 7.92 Å². The van der Waals surface area contributed by atoms with Crippen molar-refractivity contribution in [2.75, 3.05) is 0 Å². The Balaban J connectivity index is 0.000000186. The molecule has 260 valence electrons. The monoisotopic (exact) mass is 752 g/mol. The molecule has 0 radical (unpaired) electrons. The van der Waals surface area contributed by atoms with Gasteiger partial charge in [0.25, 0.3) is 0 Å². The van der Waals surface area contributed by atoms with Gasteiger partial charge in [-0.1, -0.05) is 78.9 Å². The van der Waals surface area contributed by atoms with Crippen LogP contribution in [-0.2, 0) is 17.1 Å². The molecule has 9 aromatic rings. The zero-order chi connectivity index (χ0) is 35.0. The largest absolute Gasteiger partial charge is 1.00 e. The molecule has 12 heteroatoms. The van der Waals surface area contributed by atoms with Gasteiger partial charge in [0.1, 0.15) is 0 Å². The van der Waals surface area contributed by atoms with E-state index >= 15 is 0 Å². The number of benzene rings is 4. The minimum Gasteiger partial charge on any atom is -0.418 e. The van der Waals surface area contributed by atoms with Gasteiger partial charge in [-0.2, -0.15) is 0 Å². The molecule has 0 unspecified atom stereocenters. The maximum absolute atomic E-state index is 9.75. The van der Waals surface area contributed by atoms with Gasteiger partial charge < -0.3 is 32.2 Å². The Bertz CT molecular complexity index is 2380. The first kappa shape index (κ1) is 35.9. The van der Waals surface area contributed by atoms with E-state index in [9.17, 15) is 17.3 Å². The van der Waals surface area contributed by atoms with Crippen LogP contribution in [0.15, 0.2) is 122 Å². The van der Waals surface area contributed by atoms with Gasteiger partial charge in [-0.15, -0.1) is 0 Å². The summed E-state index contributed by atoms with van der Waals surface area (Å²) in [4.78, 5) is 20.1. The molecule has 0 fully saturated rings. The van der Waals surface area contributed by atoms with Gasteiger partial charge in [-0.3, -0.25) is 9.97 Å². The first-order valence-corrected chi connectivity index (χ1v) is 17.6. The van der Waals surface area contributed by atoms with E-state index in [0.29, 0.717) is 0 Å². The maximum Gasteiger partial charge on any atom is 1.00 e. The molecule has 0 spiro atoms. The van der Waals surface area contributed by atoms with Crippen LogP contribution in [0.5, 0.6) is 0 Å². The van der Waals surface area contributed by atoms with E-state index in [1.807, 2.05) is 12.1 Å². The number of H-pyrrole nitrogens is 3. The number of fused-ring (bicyclic) bond motifs is 6. The molecule has 0 aliphatic rings. The van der Waals surface area contributed by atoms with E-state index < -0.39 is 15.2 Å². The molecule has 0 bridgehead atoms. The average molecular weight is 753 g/mol. The van der Waals surface area contributed by atoms with Crippen molar-refractivity contribution in [3.8, 4) is 0 Å². The quantitative estimate of drug-likeness (QED) is 0.0728. The van der Waals surface area contributed by atoms with Crippen LogP contribution in [0.2, 0.25) is 0 Å². The third kappa shape index (κ3) is 7.29. The van der Waals surface area contributed by atoms with E-state index in [4.69, 9.17) is 0 Å². The minimum atomic E-state index is -6.00. The Hall–Kier alpha value is -4.95. The molecule has 0 atom stereocenters. The van der Waals surface area contributed by atoms with Crippen molar-refractivity contribution < 1.29 is 34.3 Å². The van der Waals surface area contributed by atoms with Crippen molar-refractivity contribution in [1.82, 2.24) is 24.9 Å². The Labute approximate surface area is 303 Å². The van der Waals surface area contributed by atoms with Gasteiger partial charge in [0.2, 0.25) is 0 Å². The van der Waals surface area contributed by atoms with Crippen molar-refractivity contribution >= 4 is 86.0 Å². The molecule has 51 heavy (non-hydrogen) atoms. The number of halogens is 4. The van der Waals surface area contributed by atoms with E-state index in [0.717, 1.165) is 21.8 Å². The summed E-state index contributed by atoms with van der Waals surface area (Å²) in [7, 11) is -7.32. The molecule has 0 aliphatic carbocycles. The standard InChI is InChI=1S/C27H24N3P.C12H8N2.BF4.Cu/c1-16-19-10-4-7-13-22(19)28-25(16)31(26-17(2)20-11-5-8-14-23(20)29-26)27-18(3)21-12-6-9-15-24(21)30-27;1-3-9-5-6-10-4-2-8-14-12(10)11(9)13-7-1;2-1(3,4)5;/h4-15,28-30H,1-3H3;1-8H;;/q;;-1;+1/p+1. The Morgan fingerprint density at radius 3 is 1.10 bits per heavy atom. The fourth-order valence-electron chi connectivity index (χ4n) is 6.65. The second kappa shape index (κ2) is 14.7. The summed E-state index contributed by atoms with van der Waals surface area (Å²) in [6, 6.07) is 38.1. The number of aryl methyl sites for hydroxylation is 3. The third-order valence-corrected chi connectivity index (χ3v) is 12.0. The number of hydrogen-bond acceptors (Lipinski definition) is 2. The molecular weight excluding hydrogens is 720 g/mol. The molecule has 9 rings (SSSR count). The van der Waals surface area contributed by atoms with Gasteiger partial charge in [0.15, 0.2) is 24.2 Å². The van der Waals surface area contributed by atoms with Crippen LogP contribution in [0.3, 0.4) is 0 Å². The van der Waals surface area contributed by atoms with Crippen molar-refractivity contribution in [3.63, 3.8) is 0 Å². The average Bonchev–Trinajstić information content (AvgIpc) is 3.75. The Morgan fingerprint density at radius 2 is 0.784 bits per heavy atom. The van der Waals surface area contributed by atoms with E-state index in [1.54, 1.807) is 12.4 Å². The minimum absolute atomic E-state index is 0. The van der Waals surface area contributed by atoms with Crippen molar-refractivity contribution in [3.05, 3.63) is 138 Å². The smallest absolute Gasteiger partial charge is 0.418 e. The van der Waals surface area contributed by atoms with Crippen LogP contribution in [0.25, 0.3) is 54.5 Å². The van der Waals surface area contributed by atoms with Crippen LogP contribution < -0.4 is 16.3 Å². The Morgan fingerprint density at radius 1 is 0.471 bits per heavy atom. The summed E-state index contributed by atoms with van der Waals surface area (Å²) in [6.07, 6.45) is 3.60. The summed E-state index contributed by atoms with van der Waals surface area (Å²) in [6.45, 7) is 6.78. The summed E-state index contributed by atoms with van der Waals surface area (Å²) in [5, 5.41) is 6.20. The van der Waals surface area contributed by atoms with E-state index in [-0.39, 0.29) is 17.1 Å². The molecule has 3 N–H and O–H groups in total. The third-order valence-electron chi connectivity index (χ3n) is 8.99. The van der Waals surface area contributed by atoms with Gasteiger partial charge in [0, 0.05) is 72.6 Å². The number of nitrogens with zero attached hydrogens (tertiary/aromatic N) is 2. The van der Waals surface area contributed by atoms with E-state index in [2.05, 4.69) is 143 Å². The fourth-order valence-corrected chi connectivity index (χ4v) is 9.71. The SMILES string of the molecule is Cc1c([PH+](c2[nH]c3ccccc3c2C)c2[nH]c3ccccc3c2C)[nH]c2ccccc12.F[B-](F)(F)F.[Cu+].c1cnc2c(c1)ccc1cccnc12. The maximum atomic E-state index is 9.75. The van der Waals surface area contributed by atoms with Crippen LogP contribution in [0.1, 0.15) is 16.7 Å². The number of para-hydroxylation sites is 3. The molecule has 0 saturated heterocycles. The van der Waals surface area contributed by atoms with Gasteiger partial charge in [-0.25, -0.2) is 0 Å². The second-order valence-corrected chi connectivity index (χ2v) is 14.3. The first-order valence-electron chi connectivity index (χ1n) is 16.1. The first-order chi connectivity index (χ1) is 24.1. The number of pyridine rings is 2. The predicted molar refractivity (Wildman–Crippen MR) is 204 cm³/mol. The molecule has 5 aromatic heterocycles. The van der Waals surface area contributed by atoms with Crippen molar-refractivity contribution in [2.45, 2.75) is 20.8 Å². The van der Waals surface area contributed by atoms with Crippen LogP contribution in [-0.4, -0.2) is 32.2 Å².